The van der Waals surface area contributed by atoms with E-state index in [1.54, 1.807) is 0 Å². The van der Waals surface area contributed by atoms with Gasteiger partial charge in [-0.25, -0.2) is 0 Å². The highest BCUT2D eigenvalue weighted by Crippen LogP contribution is 2.39. The van der Waals surface area contributed by atoms with Crippen LogP contribution in [0.2, 0.25) is 0 Å². The van der Waals surface area contributed by atoms with Gasteiger partial charge in [-0.2, -0.15) is 0 Å². The van der Waals surface area contributed by atoms with Crippen LogP contribution >= 0.6 is 24.8 Å². The molecule has 1 aromatic heterocycles. The standard InChI is InChI=1S/C19H27N3.2ClH/c1-2-4-16(5-3-1)19(22-12-10-20-11-13-22)17-7-6-15-8-9-21-18(15)14-17;;/h6-9,14,16,19-21H,1-5,10-13H2;2*1H/t19-;;/m1../s1. The number of fused-ring (bicyclic) bond motifs is 1. The van der Waals surface area contributed by atoms with Crippen LogP contribution in [-0.2, 0) is 0 Å². The van der Waals surface area contributed by atoms with Gasteiger partial charge in [0.15, 0.2) is 0 Å². The van der Waals surface area contributed by atoms with Crippen molar-refractivity contribution < 1.29 is 0 Å². The van der Waals surface area contributed by atoms with Crippen molar-refractivity contribution in [3.05, 3.63) is 36.0 Å². The zero-order valence-electron chi connectivity index (χ0n) is 14.2. The second-order valence-corrected chi connectivity index (χ2v) is 6.95. The Kier molecular flexibility index (Phi) is 7.42. The summed E-state index contributed by atoms with van der Waals surface area (Å²) in [6.07, 6.45) is 9.11. The molecule has 2 fully saturated rings. The van der Waals surface area contributed by atoms with E-state index in [2.05, 4.69) is 45.7 Å². The highest BCUT2D eigenvalue weighted by Gasteiger charge is 2.30. The van der Waals surface area contributed by atoms with Gasteiger partial charge in [-0.15, -0.1) is 24.8 Å². The molecule has 1 aromatic carbocycles. The smallest absolute Gasteiger partial charge is 0.0457 e. The fourth-order valence-electron chi connectivity index (χ4n) is 4.44. The monoisotopic (exact) mass is 369 g/mol. The van der Waals surface area contributed by atoms with Gasteiger partial charge in [0, 0.05) is 43.9 Å². The van der Waals surface area contributed by atoms with Crippen LogP contribution in [-0.4, -0.2) is 36.1 Å². The Labute approximate surface area is 157 Å². The average Bonchev–Trinajstić information content (AvgIpc) is 3.05. The minimum Gasteiger partial charge on any atom is -0.361 e. The van der Waals surface area contributed by atoms with Crippen molar-refractivity contribution in [2.24, 2.45) is 5.92 Å². The highest BCUT2D eigenvalue weighted by atomic mass is 35.5. The molecule has 4 rings (SSSR count). The number of H-pyrrole nitrogens is 1. The molecule has 0 radical (unpaired) electrons. The fourth-order valence-corrected chi connectivity index (χ4v) is 4.44. The van der Waals surface area contributed by atoms with Crippen molar-refractivity contribution in [1.29, 1.82) is 0 Å². The van der Waals surface area contributed by atoms with Gasteiger partial charge in [0.1, 0.15) is 0 Å². The molecule has 2 heterocycles. The number of aromatic nitrogens is 1. The molecule has 24 heavy (non-hydrogen) atoms. The molecule has 1 atom stereocenters. The van der Waals surface area contributed by atoms with Crippen LogP contribution in [0.15, 0.2) is 30.5 Å². The minimum absolute atomic E-state index is 0. The van der Waals surface area contributed by atoms with E-state index in [0.29, 0.717) is 6.04 Å². The quantitative estimate of drug-likeness (QED) is 0.831. The molecule has 1 saturated heterocycles. The first kappa shape index (κ1) is 19.6. The van der Waals surface area contributed by atoms with Crippen LogP contribution in [0, 0.1) is 5.92 Å². The van der Waals surface area contributed by atoms with Gasteiger partial charge < -0.3 is 10.3 Å². The van der Waals surface area contributed by atoms with Gasteiger partial charge in [-0.1, -0.05) is 31.4 Å². The van der Waals surface area contributed by atoms with Gasteiger partial charge in [-0.3, -0.25) is 4.90 Å². The normalized spacial score (nSPS) is 21.0. The van der Waals surface area contributed by atoms with Crippen LogP contribution in [0.1, 0.15) is 43.7 Å². The summed E-state index contributed by atoms with van der Waals surface area (Å²) in [6.45, 7) is 4.63. The predicted molar refractivity (Wildman–Crippen MR) is 107 cm³/mol. The van der Waals surface area contributed by atoms with Crippen LogP contribution in [0.4, 0.5) is 0 Å². The summed E-state index contributed by atoms with van der Waals surface area (Å²) >= 11 is 0. The lowest BCUT2D eigenvalue weighted by Crippen LogP contribution is -2.47. The molecule has 2 aliphatic rings. The van der Waals surface area contributed by atoms with E-state index in [9.17, 15) is 0 Å². The first-order valence-corrected chi connectivity index (χ1v) is 8.93. The van der Waals surface area contributed by atoms with E-state index in [1.807, 2.05) is 0 Å². The number of aromatic amines is 1. The summed E-state index contributed by atoms with van der Waals surface area (Å²) in [7, 11) is 0. The van der Waals surface area contributed by atoms with E-state index in [4.69, 9.17) is 0 Å². The van der Waals surface area contributed by atoms with Crippen molar-refractivity contribution >= 4 is 35.7 Å². The first-order valence-electron chi connectivity index (χ1n) is 8.93. The van der Waals surface area contributed by atoms with E-state index >= 15 is 0 Å². The van der Waals surface area contributed by atoms with E-state index in [1.165, 1.54) is 61.7 Å². The second kappa shape index (κ2) is 9.10. The molecule has 1 aliphatic heterocycles. The Morgan fingerprint density at radius 3 is 2.46 bits per heavy atom. The Morgan fingerprint density at radius 1 is 0.958 bits per heavy atom. The molecule has 0 spiro atoms. The molecule has 0 amide bonds. The maximum atomic E-state index is 3.50. The lowest BCUT2D eigenvalue weighted by molar-refractivity contribution is 0.103. The average molecular weight is 370 g/mol. The molecule has 1 saturated carbocycles. The largest absolute Gasteiger partial charge is 0.361 e. The van der Waals surface area contributed by atoms with Crippen molar-refractivity contribution in [3.63, 3.8) is 0 Å². The highest BCUT2D eigenvalue weighted by molar-refractivity contribution is 5.85. The molecule has 134 valence electrons. The predicted octanol–water partition coefficient (Wildman–Crippen LogP) is 4.54. The molecular formula is C19H29Cl2N3. The maximum Gasteiger partial charge on any atom is 0.0457 e. The van der Waals surface area contributed by atoms with Crippen molar-refractivity contribution in [2.75, 3.05) is 26.2 Å². The number of nitrogens with zero attached hydrogens (tertiary/aromatic N) is 1. The van der Waals surface area contributed by atoms with Gasteiger partial charge >= 0.3 is 0 Å². The molecule has 2 N–H and O–H groups in total. The van der Waals surface area contributed by atoms with Gasteiger partial charge in [0.05, 0.1) is 0 Å². The number of halogens is 2. The summed E-state index contributed by atoms with van der Waals surface area (Å²) < 4.78 is 0. The molecule has 5 heteroatoms. The lowest BCUT2D eigenvalue weighted by Gasteiger charge is -2.41. The zero-order chi connectivity index (χ0) is 14.8. The Morgan fingerprint density at radius 2 is 1.71 bits per heavy atom. The number of piperazine rings is 1. The SMILES string of the molecule is Cl.Cl.c1cc2ccc([C@@H](C3CCCCC3)N3CCNCC3)cc2[nH]1. The van der Waals surface area contributed by atoms with E-state index < -0.39 is 0 Å². The van der Waals surface area contributed by atoms with Gasteiger partial charge in [-0.05, 0) is 41.8 Å². The lowest BCUT2D eigenvalue weighted by atomic mass is 9.80. The summed E-state index contributed by atoms with van der Waals surface area (Å²) in [5.41, 5.74) is 2.80. The van der Waals surface area contributed by atoms with Crippen molar-refractivity contribution in [2.45, 2.75) is 38.1 Å². The minimum atomic E-state index is 0. The summed E-state index contributed by atoms with van der Waals surface area (Å²) in [6, 6.07) is 9.84. The Hall–Kier alpha value is -0.740. The number of rotatable bonds is 3. The van der Waals surface area contributed by atoms with E-state index in [-0.39, 0.29) is 24.8 Å². The number of nitrogens with one attached hydrogen (secondary N) is 2. The number of benzene rings is 1. The summed E-state index contributed by atoms with van der Waals surface area (Å²) in [5, 5.41) is 4.83. The first-order chi connectivity index (χ1) is 10.9. The number of hydrogen-bond donors (Lipinski definition) is 2. The van der Waals surface area contributed by atoms with E-state index in [0.717, 1.165) is 19.0 Å². The van der Waals surface area contributed by atoms with Crippen LogP contribution in [0.5, 0.6) is 0 Å². The van der Waals surface area contributed by atoms with Gasteiger partial charge in [0.25, 0.3) is 0 Å². The Bertz CT molecular complexity index is 598. The molecular weight excluding hydrogens is 341 g/mol. The number of hydrogen-bond acceptors (Lipinski definition) is 2. The summed E-state index contributed by atoms with van der Waals surface area (Å²) in [4.78, 5) is 6.12. The van der Waals surface area contributed by atoms with Crippen LogP contribution in [0.25, 0.3) is 10.9 Å². The molecule has 0 bridgehead atoms. The summed E-state index contributed by atoms with van der Waals surface area (Å²) in [5.74, 6) is 0.833. The topological polar surface area (TPSA) is 31.1 Å². The maximum absolute atomic E-state index is 3.50. The third kappa shape index (κ3) is 4.08. The zero-order valence-corrected chi connectivity index (χ0v) is 15.8. The van der Waals surface area contributed by atoms with Crippen LogP contribution < -0.4 is 5.32 Å². The molecule has 3 nitrogen and oxygen atoms in total. The Balaban J connectivity index is 0.00000104. The van der Waals surface area contributed by atoms with Crippen molar-refractivity contribution in [1.82, 2.24) is 15.2 Å². The van der Waals surface area contributed by atoms with Gasteiger partial charge in [0.2, 0.25) is 0 Å². The fraction of sp³-hybridized carbons (Fsp3) is 0.579. The molecule has 0 unspecified atom stereocenters. The molecule has 1 aliphatic carbocycles. The third-order valence-corrected chi connectivity index (χ3v) is 5.56. The van der Waals surface area contributed by atoms with Crippen molar-refractivity contribution in [3.8, 4) is 0 Å². The third-order valence-electron chi connectivity index (χ3n) is 5.56. The van der Waals surface area contributed by atoms with Crippen LogP contribution in [0.3, 0.4) is 0 Å². The molecule has 2 aromatic rings. The second-order valence-electron chi connectivity index (χ2n) is 6.95.